The van der Waals surface area contributed by atoms with Crippen molar-refractivity contribution >= 4 is 51.4 Å². The number of halogens is 1. The van der Waals surface area contributed by atoms with Crippen LogP contribution in [0.25, 0.3) is 11.8 Å². The van der Waals surface area contributed by atoms with Crippen LogP contribution in [0.1, 0.15) is 55.1 Å². The molecule has 2 aromatic rings. The maximum Gasteiger partial charge on any atom is 0.283 e. The average molecular weight is 468 g/mol. The van der Waals surface area contributed by atoms with Crippen molar-refractivity contribution in [2.45, 2.75) is 53.4 Å². The first-order valence-corrected chi connectivity index (χ1v) is 11.9. The third-order valence-electron chi connectivity index (χ3n) is 5.74. The molecule has 1 aromatic carbocycles. The van der Waals surface area contributed by atoms with E-state index in [-0.39, 0.29) is 11.4 Å². The minimum Gasteiger partial charge on any atom is -0.318 e. The first kappa shape index (κ1) is 22.6. The van der Waals surface area contributed by atoms with E-state index in [1.165, 1.54) is 16.8 Å². The van der Waals surface area contributed by atoms with Gasteiger partial charge in [0.25, 0.3) is 5.91 Å². The van der Waals surface area contributed by atoms with Crippen LogP contribution >= 0.6 is 23.4 Å². The Bertz CT molecular complexity index is 1210. The molecule has 166 valence electrons. The van der Waals surface area contributed by atoms with Gasteiger partial charge in [0.15, 0.2) is 5.84 Å². The summed E-state index contributed by atoms with van der Waals surface area (Å²) in [6, 6.07) is 7.85. The Morgan fingerprint density at radius 2 is 2.00 bits per heavy atom. The highest BCUT2D eigenvalue weighted by molar-refractivity contribution is 8.26. The van der Waals surface area contributed by atoms with E-state index in [4.69, 9.17) is 17.0 Å². The van der Waals surface area contributed by atoms with Gasteiger partial charge < -0.3 is 4.57 Å². The summed E-state index contributed by atoms with van der Waals surface area (Å²) in [5, 5.41) is 16.8. The first-order valence-electron chi connectivity index (χ1n) is 10.7. The van der Waals surface area contributed by atoms with E-state index >= 15 is 0 Å². The molecule has 0 saturated heterocycles. The largest absolute Gasteiger partial charge is 0.318 e. The normalized spacial score (nSPS) is 17.2. The van der Waals surface area contributed by atoms with Crippen LogP contribution in [0.5, 0.6) is 0 Å². The van der Waals surface area contributed by atoms with Crippen molar-refractivity contribution in [2.24, 2.45) is 10.1 Å². The molecule has 2 aliphatic heterocycles. The molecule has 8 heteroatoms. The van der Waals surface area contributed by atoms with Crippen LogP contribution in [0.15, 0.2) is 39.9 Å². The van der Waals surface area contributed by atoms with Gasteiger partial charge in [-0.15, -0.1) is 0 Å². The lowest BCUT2D eigenvalue weighted by Gasteiger charge is -2.20. The van der Waals surface area contributed by atoms with Crippen molar-refractivity contribution in [3.8, 4) is 5.69 Å². The van der Waals surface area contributed by atoms with Gasteiger partial charge in [-0.25, -0.2) is 0 Å². The maximum absolute atomic E-state index is 12.8. The molecule has 1 N–H and O–H groups in total. The van der Waals surface area contributed by atoms with Crippen molar-refractivity contribution in [3.63, 3.8) is 0 Å². The molecular weight excluding hydrogens is 442 g/mol. The number of amidine groups is 2. The molecule has 1 aromatic heterocycles. The Kier molecular flexibility index (Phi) is 6.40. The molecule has 0 fully saturated rings. The van der Waals surface area contributed by atoms with E-state index in [0.717, 1.165) is 58.9 Å². The Labute approximate surface area is 197 Å². The molecule has 0 bridgehead atoms. The van der Waals surface area contributed by atoms with Gasteiger partial charge in [-0.3, -0.25) is 10.2 Å². The SMILES string of the molecule is CCCCCC1=NN2C(=N)/C(=C/c3cc(C)n(-c4cccc(Cl)c4C)c3C)C(=O)N=C2S1. The number of hydrazone groups is 1. The summed E-state index contributed by atoms with van der Waals surface area (Å²) in [7, 11) is 0. The van der Waals surface area contributed by atoms with E-state index in [9.17, 15) is 4.79 Å². The number of carbonyl (C=O) groups excluding carboxylic acids is 1. The summed E-state index contributed by atoms with van der Waals surface area (Å²) in [5.41, 5.74) is 5.09. The third kappa shape index (κ3) is 4.07. The number of unbranched alkanes of at least 4 members (excludes halogenated alkanes) is 2. The van der Waals surface area contributed by atoms with Crippen LogP contribution in [-0.4, -0.2) is 31.5 Å². The van der Waals surface area contributed by atoms with Crippen LogP contribution in [0.4, 0.5) is 0 Å². The number of rotatable bonds is 6. The van der Waals surface area contributed by atoms with Crippen molar-refractivity contribution < 1.29 is 4.79 Å². The summed E-state index contributed by atoms with van der Waals surface area (Å²) in [4.78, 5) is 17.0. The second-order valence-electron chi connectivity index (χ2n) is 8.02. The highest BCUT2D eigenvalue weighted by Gasteiger charge is 2.35. The summed E-state index contributed by atoms with van der Waals surface area (Å²) in [6.07, 6.45) is 5.90. The number of hydrogen-bond donors (Lipinski definition) is 1. The van der Waals surface area contributed by atoms with Crippen LogP contribution in [0.2, 0.25) is 5.02 Å². The molecule has 32 heavy (non-hydrogen) atoms. The summed E-state index contributed by atoms with van der Waals surface area (Å²) in [5.74, 6) is -0.329. The first-order chi connectivity index (χ1) is 15.3. The quantitative estimate of drug-likeness (QED) is 0.402. The second-order valence-corrected chi connectivity index (χ2v) is 9.46. The van der Waals surface area contributed by atoms with Gasteiger partial charge in [-0.1, -0.05) is 37.4 Å². The number of thioether (sulfide) groups is 1. The number of nitrogens with one attached hydrogen (secondary N) is 1. The standard InChI is InChI=1S/C24H26ClN5OS/c1-5-6-7-11-21-28-30-22(26)18(23(31)27-24(30)32-21)13-17-12-14(2)29(16(17)4)20-10-8-9-19(25)15(20)3/h8-10,12-13,26H,5-7,11H2,1-4H3/b18-13-,26-22?. The zero-order valence-corrected chi connectivity index (χ0v) is 20.3. The molecule has 4 rings (SSSR count). The number of aryl methyl sites for hydroxylation is 1. The fourth-order valence-electron chi connectivity index (χ4n) is 3.96. The minimum atomic E-state index is -0.400. The molecule has 6 nitrogen and oxygen atoms in total. The lowest BCUT2D eigenvalue weighted by Crippen LogP contribution is -2.35. The van der Waals surface area contributed by atoms with Gasteiger partial charge in [-0.05, 0) is 80.8 Å². The van der Waals surface area contributed by atoms with Crippen molar-refractivity contribution in [1.82, 2.24) is 9.58 Å². The number of carbonyl (C=O) groups is 1. The number of aromatic nitrogens is 1. The van der Waals surface area contributed by atoms with Gasteiger partial charge in [-0.2, -0.15) is 15.1 Å². The molecule has 3 heterocycles. The van der Waals surface area contributed by atoms with E-state index in [0.29, 0.717) is 10.2 Å². The zero-order valence-electron chi connectivity index (χ0n) is 18.7. The number of benzene rings is 1. The predicted octanol–water partition coefficient (Wildman–Crippen LogP) is 6.26. The van der Waals surface area contributed by atoms with E-state index < -0.39 is 5.91 Å². The molecular formula is C24H26ClN5OS. The Hall–Kier alpha value is -2.64. The van der Waals surface area contributed by atoms with Crippen LogP contribution < -0.4 is 0 Å². The summed E-state index contributed by atoms with van der Waals surface area (Å²) >= 11 is 7.73. The van der Waals surface area contributed by atoms with Gasteiger partial charge in [0, 0.05) is 22.1 Å². The Morgan fingerprint density at radius 3 is 2.75 bits per heavy atom. The highest BCUT2D eigenvalue weighted by Crippen LogP contribution is 2.32. The maximum atomic E-state index is 12.8. The topological polar surface area (TPSA) is 73.8 Å². The van der Waals surface area contributed by atoms with E-state index in [1.54, 1.807) is 6.08 Å². The van der Waals surface area contributed by atoms with E-state index in [1.807, 2.05) is 45.0 Å². The molecule has 2 aliphatic rings. The molecule has 0 radical (unpaired) electrons. The smallest absolute Gasteiger partial charge is 0.283 e. The Balaban J connectivity index is 1.67. The van der Waals surface area contributed by atoms with E-state index in [2.05, 4.69) is 21.6 Å². The molecule has 0 spiro atoms. The fourth-order valence-corrected chi connectivity index (χ4v) is 5.05. The molecule has 1 amide bonds. The van der Waals surface area contributed by atoms with Gasteiger partial charge in [0.2, 0.25) is 5.17 Å². The number of hydrogen-bond acceptors (Lipinski definition) is 4. The van der Waals surface area contributed by atoms with Crippen molar-refractivity contribution in [2.75, 3.05) is 0 Å². The summed E-state index contributed by atoms with van der Waals surface area (Å²) in [6.45, 7) is 8.17. The lowest BCUT2D eigenvalue weighted by molar-refractivity contribution is -0.114. The highest BCUT2D eigenvalue weighted by atomic mass is 35.5. The van der Waals surface area contributed by atoms with Crippen molar-refractivity contribution in [3.05, 3.63) is 57.4 Å². The summed E-state index contributed by atoms with van der Waals surface area (Å²) < 4.78 is 2.12. The fraction of sp³-hybridized carbons (Fsp3) is 0.333. The third-order valence-corrected chi connectivity index (χ3v) is 7.12. The van der Waals surface area contributed by atoms with Gasteiger partial charge >= 0.3 is 0 Å². The Morgan fingerprint density at radius 1 is 1.22 bits per heavy atom. The van der Waals surface area contributed by atoms with Gasteiger partial charge in [0.1, 0.15) is 5.04 Å². The zero-order chi connectivity index (χ0) is 23.0. The van der Waals surface area contributed by atoms with Crippen LogP contribution in [-0.2, 0) is 4.79 Å². The van der Waals surface area contributed by atoms with Crippen LogP contribution in [0, 0.1) is 26.2 Å². The minimum absolute atomic E-state index is 0.0710. The number of amides is 1. The molecule has 0 unspecified atom stereocenters. The molecule has 0 saturated carbocycles. The van der Waals surface area contributed by atoms with Crippen molar-refractivity contribution in [1.29, 1.82) is 5.41 Å². The molecule has 0 atom stereocenters. The lowest BCUT2D eigenvalue weighted by atomic mass is 10.1. The van der Waals surface area contributed by atoms with Gasteiger partial charge in [0.05, 0.1) is 5.57 Å². The average Bonchev–Trinajstić information content (AvgIpc) is 3.28. The number of nitrogens with zero attached hydrogens (tertiary/aromatic N) is 4. The number of fused-ring (bicyclic) bond motifs is 1. The predicted molar refractivity (Wildman–Crippen MR) is 134 cm³/mol. The van der Waals surface area contributed by atoms with Crippen LogP contribution in [0.3, 0.4) is 0 Å². The number of aliphatic imine (C=N–C) groups is 1. The molecule has 0 aliphatic carbocycles. The monoisotopic (exact) mass is 467 g/mol. The second kappa shape index (κ2) is 9.08.